The van der Waals surface area contributed by atoms with Gasteiger partial charge in [0.1, 0.15) is 0 Å². The molecule has 0 aromatic heterocycles. The van der Waals surface area contributed by atoms with E-state index in [9.17, 15) is 0 Å². The fourth-order valence-corrected chi connectivity index (χ4v) is 5.89. The van der Waals surface area contributed by atoms with Crippen molar-refractivity contribution in [1.29, 1.82) is 0 Å². The maximum absolute atomic E-state index is 2.63. The summed E-state index contributed by atoms with van der Waals surface area (Å²) in [5.74, 6) is 0. The van der Waals surface area contributed by atoms with Gasteiger partial charge >= 0.3 is 0 Å². The van der Waals surface area contributed by atoms with Crippen LogP contribution in [0.25, 0.3) is 0 Å². The van der Waals surface area contributed by atoms with Crippen molar-refractivity contribution in [3.05, 3.63) is 60.3 Å². The molecule has 0 N–H and O–H groups in total. The molecular formula is C44H81N. The molecule has 1 nitrogen and oxygen atoms in total. The predicted octanol–water partition coefficient (Wildman–Crippen LogP) is 15.1. The lowest BCUT2D eigenvalue weighted by molar-refractivity contribution is 0.395. The minimum absolute atomic E-state index is 1.12. The Kier molecular flexibility index (Phi) is 37.7. The Morgan fingerprint density at radius 3 is 1.13 bits per heavy atom. The lowest BCUT2D eigenvalue weighted by Gasteiger charge is -2.10. The van der Waals surface area contributed by atoms with Gasteiger partial charge in [0.15, 0.2) is 0 Å². The standard InChI is InChI=1S/C44H81N/c1-5-7-9-11-13-15-17-19-21-23-25-27-29-31-33-36-40-44(42-38-35-39-43-45(3)4)41-37-34-32-30-28-26-24-22-20-18-16-14-12-10-8-6-2/h13-16,19-22,42H,5-12,17-18,23-41,43H2,1-4H3/b15-13-,16-14+,21-19-,22-20+,44-42?. The van der Waals surface area contributed by atoms with Crippen LogP contribution < -0.4 is 0 Å². The van der Waals surface area contributed by atoms with Gasteiger partial charge in [-0.2, -0.15) is 0 Å². The second-order valence-electron chi connectivity index (χ2n) is 13.8. The average molecular weight is 624 g/mol. The third-order valence-corrected chi connectivity index (χ3v) is 8.89. The molecule has 0 saturated heterocycles. The van der Waals surface area contributed by atoms with Crippen LogP contribution in [0.2, 0.25) is 0 Å². The van der Waals surface area contributed by atoms with Gasteiger partial charge in [-0.3, -0.25) is 0 Å². The van der Waals surface area contributed by atoms with Crippen molar-refractivity contribution >= 4 is 0 Å². The van der Waals surface area contributed by atoms with Crippen molar-refractivity contribution in [2.24, 2.45) is 0 Å². The normalized spacial score (nSPS) is 12.9. The van der Waals surface area contributed by atoms with E-state index >= 15 is 0 Å². The van der Waals surface area contributed by atoms with Crippen LogP contribution in [0.4, 0.5) is 0 Å². The number of hydrogen-bond acceptors (Lipinski definition) is 1. The van der Waals surface area contributed by atoms with Gasteiger partial charge in [0.2, 0.25) is 0 Å². The van der Waals surface area contributed by atoms with Crippen LogP contribution >= 0.6 is 0 Å². The molecule has 0 rings (SSSR count). The lowest BCUT2D eigenvalue weighted by atomic mass is 9.98. The van der Waals surface area contributed by atoms with Crippen molar-refractivity contribution in [2.75, 3.05) is 20.6 Å². The molecule has 0 heterocycles. The maximum atomic E-state index is 2.63. The minimum Gasteiger partial charge on any atom is -0.309 e. The first-order chi connectivity index (χ1) is 22.2. The Labute approximate surface area is 285 Å². The van der Waals surface area contributed by atoms with Gasteiger partial charge in [0, 0.05) is 0 Å². The van der Waals surface area contributed by atoms with E-state index in [1.54, 1.807) is 5.57 Å². The number of hydrogen-bond donors (Lipinski definition) is 0. The summed E-state index contributed by atoms with van der Waals surface area (Å²) in [6.07, 6.45) is 60.4. The number of unbranched alkanes of at least 4 members (excludes halogenated alkanes) is 20. The Morgan fingerprint density at radius 2 is 0.733 bits per heavy atom. The van der Waals surface area contributed by atoms with Gasteiger partial charge in [0.25, 0.3) is 0 Å². The SMILES string of the molecule is CCCCC/C=C\C/C=C\CCCCCCCCC(=CCCCCN(C)C)CCCCCCCC/C=C/C/C=C/CCCCC. The highest BCUT2D eigenvalue weighted by Gasteiger charge is 2.01. The van der Waals surface area contributed by atoms with E-state index in [4.69, 9.17) is 0 Å². The summed E-state index contributed by atoms with van der Waals surface area (Å²) in [5.41, 5.74) is 1.77. The fraction of sp³-hybridized carbons (Fsp3) is 0.773. The van der Waals surface area contributed by atoms with Crippen molar-refractivity contribution < 1.29 is 0 Å². The first-order valence-electron chi connectivity index (χ1n) is 20.1. The van der Waals surface area contributed by atoms with Gasteiger partial charge in [-0.05, 0) is 130 Å². The van der Waals surface area contributed by atoms with Crippen LogP contribution in [0.1, 0.15) is 200 Å². The van der Waals surface area contributed by atoms with Crippen LogP contribution in [-0.4, -0.2) is 25.5 Å². The first-order valence-corrected chi connectivity index (χ1v) is 20.1. The second kappa shape index (κ2) is 38.8. The van der Waals surface area contributed by atoms with Crippen LogP contribution in [-0.2, 0) is 0 Å². The molecule has 0 aromatic carbocycles. The monoisotopic (exact) mass is 624 g/mol. The molecule has 1 heteroatoms. The molecule has 0 amide bonds. The number of rotatable bonds is 35. The minimum atomic E-state index is 1.12. The number of allylic oxidation sites excluding steroid dienone is 10. The predicted molar refractivity (Wildman–Crippen MR) is 208 cm³/mol. The van der Waals surface area contributed by atoms with Crippen LogP contribution in [0.5, 0.6) is 0 Å². The van der Waals surface area contributed by atoms with E-state index in [0.29, 0.717) is 0 Å². The van der Waals surface area contributed by atoms with E-state index in [1.807, 2.05) is 0 Å². The van der Waals surface area contributed by atoms with Crippen molar-refractivity contribution in [2.45, 2.75) is 200 Å². The highest BCUT2D eigenvalue weighted by atomic mass is 15.0. The van der Waals surface area contributed by atoms with Gasteiger partial charge in [-0.15, -0.1) is 0 Å². The summed E-state index contributed by atoms with van der Waals surface area (Å²) in [6, 6.07) is 0. The molecule has 0 aliphatic heterocycles. The Bertz CT molecular complexity index is 656. The summed E-state index contributed by atoms with van der Waals surface area (Å²) in [7, 11) is 4.39. The molecule has 45 heavy (non-hydrogen) atoms. The molecule has 0 aromatic rings. The Balaban J connectivity index is 3.94. The zero-order valence-electron chi connectivity index (χ0n) is 31.4. The fourth-order valence-electron chi connectivity index (χ4n) is 5.89. The quantitative estimate of drug-likeness (QED) is 0.0501. The third-order valence-electron chi connectivity index (χ3n) is 8.89. The molecule has 0 saturated carbocycles. The molecule has 0 unspecified atom stereocenters. The molecule has 262 valence electrons. The Morgan fingerprint density at radius 1 is 0.378 bits per heavy atom. The van der Waals surface area contributed by atoms with E-state index in [2.05, 4.69) is 87.5 Å². The van der Waals surface area contributed by atoms with E-state index in [1.165, 1.54) is 180 Å². The van der Waals surface area contributed by atoms with Crippen molar-refractivity contribution in [1.82, 2.24) is 4.90 Å². The van der Waals surface area contributed by atoms with E-state index < -0.39 is 0 Å². The highest BCUT2D eigenvalue weighted by molar-refractivity contribution is 5.02. The van der Waals surface area contributed by atoms with Crippen LogP contribution in [0, 0.1) is 0 Å². The zero-order chi connectivity index (χ0) is 32.7. The van der Waals surface area contributed by atoms with Crippen LogP contribution in [0.15, 0.2) is 60.3 Å². The zero-order valence-corrected chi connectivity index (χ0v) is 31.4. The molecule has 0 atom stereocenters. The molecule has 0 fully saturated rings. The summed E-state index contributed by atoms with van der Waals surface area (Å²) in [4.78, 5) is 2.32. The van der Waals surface area contributed by atoms with E-state index in [0.717, 1.165) is 12.8 Å². The van der Waals surface area contributed by atoms with Gasteiger partial charge in [0.05, 0.1) is 0 Å². The average Bonchev–Trinajstić information content (AvgIpc) is 3.03. The van der Waals surface area contributed by atoms with Gasteiger partial charge in [-0.25, -0.2) is 0 Å². The molecule has 0 bridgehead atoms. The number of nitrogens with zero attached hydrogens (tertiary/aromatic N) is 1. The third kappa shape index (κ3) is 38.8. The summed E-state index contributed by atoms with van der Waals surface area (Å²) >= 11 is 0. The van der Waals surface area contributed by atoms with Crippen molar-refractivity contribution in [3.8, 4) is 0 Å². The van der Waals surface area contributed by atoms with Gasteiger partial charge in [-0.1, -0.05) is 151 Å². The van der Waals surface area contributed by atoms with Crippen LogP contribution in [0.3, 0.4) is 0 Å². The lowest BCUT2D eigenvalue weighted by Crippen LogP contribution is -2.12. The second-order valence-corrected chi connectivity index (χ2v) is 13.8. The summed E-state index contributed by atoms with van der Waals surface area (Å²) in [5, 5.41) is 0. The molecule has 0 spiro atoms. The maximum Gasteiger partial charge on any atom is -0.00247 e. The topological polar surface area (TPSA) is 3.24 Å². The molecule has 0 radical (unpaired) electrons. The largest absolute Gasteiger partial charge is 0.309 e. The van der Waals surface area contributed by atoms with Crippen molar-refractivity contribution in [3.63, 3.8) is 0 Å². The first kappa shape index (κ1) is 43.7. The molecule has 0 aliphatic rings. The highest BCUT2D eigenvalue weighted by Crippen LogP contribution is 2.20. The summed E-state index contributed by atoms with van der Waals surface area (Å²) in [6.45, 7) is 5.77. The molecular weight excluding hydrogens is 542 g/mol. The van der Waals surface area contributed by atoms with Gasteiger partial charge < -0.3 is 4.90 Å². The summed E-state index contributed by atoms with van der Waals surface area (Å²) < 4.78 is 0. The Hall–Kier alpha value is -1.34. The molecule has 0 aliphatic carbocycles. The smallest absolute Gasteiger partial charge is 0.00247 e. The van der Waals surface area contributed by atoms with E-state index in [-0.39, 0.29) is 0 Å².